The van der Waals surface area contributed by atoms with Gasteiger partial charge in [-0.05, 0) is 36.8 Å². The maximum absolute atomic E-state index is 13.1. The molecule has 1 fully saturated rings. The van der Waals surface area contributed by atoms with Gasteiger partial charge in [-0.3, -0.25) is 9.69 Å². The molecule has 0 bridgehead atoms. The SMILES string of the molecule is COc1ccc(N2CCN(Cc3ccc(F)cc3)[C@H](C)C2=O)c(OC)c1. The van der Waals surface area contributed by atoms with Gasteiger partial charge in [0.2, 0.25) is 5.91 Å². The number of halogens is 1. The molecule has 1 aliphatic heterocycles. The van der Waals surface area contributed by atoms with E-state index in [9.17, 15) is 9.18 Å². The second-order valence-corrected chi connectivity index (χ2v) is 6.30. The number of benzene rings is 2. The van der Waals surface area contributed by atoms with Crippen molar-refractivity contribution in [1.82, 2.24) is 4.90 Å². The van der Waals surface area contributed by atoms with Gasteiger partial charge in [0.05, 0.1) is 25.9 Å². The lowest BCUT2D eigenvalue weighted by atomic mass is 10.1. The van der Waals surface area contributed by atoms with Crippen molar-refractivity contribution in [3.8, 4) is 11.5 Å². The Balaban J connectivity index is 1.76. The van der Waals surface area contributed by atoms with Crippen LogP contribution in [0.25, 0.3) is 0 Å². The molecule has 0 saturated carbocycles. The largest absolute Gasteiger partial charge is 0.497 e. The van der Waals surface area contributed by atoms with Crippen molar-refractivity contribution in [2.24, 2.45) is 0 Å². The molecule has 1 heterocycles. The van der Waals surface area contributed by atoms with Gasteiger partial charge in [0, 0.05) is 25.7 Å². The Labute approximate surface area is 152 Å². The van der Waals surface area contributed by atoms with Gasteiger partial charge in [-0.15, -0.1) is 0 Å². The molecule has 2 aromatic carbocycles. The van der Waals surface area contributed by atoms with Crippen LogP contribution in [0.4, 0.5) is 10.1 Å². The van der Waals surface area contributed by atoms with E-state index in [1.54, 1.807) is 37.3 Å². The molecule has 6 heteroatoms. The van der Waals surface area contributed by atoms with Gasteiger partial charge < -0.3 is 14.4 Å². The van der Waals surface area contributed by atoms with Crippen molar-refractivity contribution in [2.75, 3.05) is 32.2 Å². The maximum atomic E-state index is 13.1. The molecule has 1 atom stereocenters. The smallest absolute Gasteiger partial charge is 0.244 e. The zero-order valence-electron chi connectivity index (χ0n) is 15.2. The quantitative estimate of drug-likeness (QED) is 0.824. The Hall–Kier alpha value is -2.60. The van der Waals surface area contributed by atoms with E-state index >= 15 is 0 Å². The van der Waals surface area contributed by atoms with Crippen LogP contribution in [0.2, 0.25) is 0 Å². The Morgan fingerprint density at radius 3 is 2.46 bits per heavy atom. The van der Waals surface area contributed by atoms with E-state index < -0.39 is 0 Å². The third-order valence-corrected chi connectivity index (χ3v) is 4.76. The number of nitrogens with zero attached hydrogens (tertiary/aromatic N) is 2. The summed E-state index contributed by atoms with van der Waals surface area (Å²) in [6.45, 7) is 3.79. The van der Waals surface area contributed by atoms with E-state index in [0.717, 1.165) is 17.8 Å². The van der Waals surface area contributed by atoms with Gasteiger partial charge in [0.1, 0.15) is 17.3 Å². The highest BCUT2D eigenvalue weighted by Crippen LogP contribution is 2.34. The lowest BCUT2D eigenvalue weighted by Crippen LogP contribution is -2.55. The van der Waals surface area contributed by atoms with Gasteiger partial charge >= 0.3 is 0 Å². The molecule has 0 radical (unpaired) electrons. The summed E-state index contributed by atoms with van der Waals surface area (Å²) in [4.78, 5) is 16.8. The molecule has 2 aromatic rings. The van der Waals surface area contributed by atoms with Crippen molar-refractivity contribution in [3.05, 3.63) is 53.8 Å². The fraction of sp³-hybridized carbons (Fsp3) is 0.350. The number of hydrogen-bond donors (Lipinski definition) is 0. The zero-order valence-corrected chi connectivity index (χ0v) is 15.2. The van der Waals surface area contributed by atoms with Crippen molar-refractivity contribution in [3.63, 3.8) is 0 Å². The second kappa shape index (κ2) is 7.74. The zero-order chi connectivity index (χ0) is 18.7. The van der Waals surface area contributed by atoms with Crippen molar-refractivity contribution < 1.29 is 18.7 Å². The standard InChI is InChI=1S/C20H23FN2O3/c1-14-20(24)23(18-9-8-17(25-2)12-19(18)26-3)11-10-22(14)13-15-4-6-16(21)7-5-15/h4-9,12,14H,10-11,13H2,1-3H3/t14-/m1/s1. The average molecular weight is 358 g/mol. The summed E-state index contributed by atoms with van der Waals surface area (Å²) in [5, 5.41) is 0. The van der Waals surface area contributed by atoms with Crippen LogP contribution in [0.3, 0.4) is 0 Å². The van der Waals surface area contributed by atoms with E-state index in [2.05, 4.69) is 4.90 Å². The van der Waals surface area contributed by atoms with Crippen molar-refractivity contribution in [1.29, 1.82) is 0 Å². The summed E-state index contributed by atoms with van der Waals surface area (Å²) < 4.78 is 23.7. The molecule has 3 rings (SSSR count). The molecule has 0 aromatic heterocycles. The highest BCUT2D eigenvalue weighted by Gasteiger charge is 2.33. The van der Waals surface area contributed by atoms with Crippen molar-refractivity contribution in [2.45, 2.75) is 19.5 Å². The van der Waals surface area contributed by atoms with Crippen LogP contribution in [-0.2, 0) is 11.3 Å². The molecule has 5 nitrogen and oxygen atoms in total. The number of anilines is 1. The first-order valence-corrected chi connectivity index (χ1v) is 8.55. The lowest BCUT2D eigenvalue weighted by molar-refractivity contribution is -0.125. The summed E-state index contributed by atoms with van der Waals surface area (Å²) in [6.07, 6.45) is 0. The molecule has 26 heavy (non-hydrogen) atoms. The highest BCUT2D eigenvalue weighted by atomic mass is 19.1. The number of carbonyl (C=O) groups is 1. The lowest BCUT2D eigenvalue weighted by Gasteiger charge is -2.39. The number of rotatable bonds is 5. The first kappa shape index (κ1) is 18.2. The van der Waals surface area contributed by atoms with E-state index in [4.69, 9.17) is 9.47 Å². The number of carbonyl (C=O) groups excluding carboxylic acids is 1. The highest BCUT2D eigenvalue weighted by molar-refractivity contribution is 5.99. The Morgan fingerprint density at radius 1 is 1.08 bits per heavy atom. The molecular formula is C20H23FN2O3. The Bertz CT molecular complexity index is 779. The van der Waals surface area contributed by atoms with Crippen LogP contribution in [0, 0.1) is 5.82 Å². The number of hydrogen-bond acceptors (Lipinski definition) is 4. The number of piperazine rings is 1. The number of methoxy groups -OCH3 is 2. The maximum Gasteiger partial charge on any atom is 0.244 e. The molecular weight excluding hydrogens is 335 g/mol. The average Bonchev–Trinajstić information content (AvgIpc) is 2.67. The summed E-state index contributed by atoms with van der Waals surface area (Å²) in [5.74, 6) is 1.05. The van der Waals surface area contributed by atoms with Crippen LogP contribution in [0.1, 0.15) is 12.5 Å². The molecule has 0 unspecified atom stereocenters. The predicted octanol–water partition coefficient (Wildman–Crippen LogP) is 3.08. The predicted molar refractivity (Wildman–Crippen MR) is 98.2 cm³/mol. The number of amides is 1. The van der Waals surface area contributed by atoms with E-state index in [1.165, 1.54) is 12.1 Å². The number of ether oxygens (including phenoxy) is 2. The van der Waals surface area contributed by atoms with Gasteiger partial charge in [0.15, 0.2) is 0 Å². The first-order valence-electron chi connectivity index (χ1n) is 8.55. The van der Waals surface area contributed by atoms with E-state index in [0.29, 0.717) is 24.6 Å². The monoisotopic (exact) mass is 358 g/mol. The Kier molecular flexibility index (Phi) is 5.42. The fourth-order valence-electron chi connectivity index (χ4n) is 3.20. The van der Waals surface area contributed by atoms with Gasteiger partial charge in [-0.25, -0.2) is 4.39 Å². The summed E-state index contributed by atoms with van der Waals surface area (Å²) in [5.41, 5.74) is 1.73. The minimum absolute atomic E-state index is 0.0156. The van der Waals surface area contributed by atoms with Crippen LogP contribution in [-0.4, -0.2) is 44.2 Å². The second-order valence-electron chi connectivity index (χ2n) is 6.30. The molecule has 0 spiro atoms. The van der Waals surface area contributed by atoms with Crippen LogP contribution in [0.5, 0.6) is 11.5 Å². The summed E-state index contributed by atoms with van der Waals surface area (Å²) in [6, 6.07) is 11.6. The molecule has 0 N–H and O–H groups in total. The third kappa shape index (κ3) is 3.65. The molecule has 0 aliphatic carbocycles. The van der Waals surface area contributed by atoms with E-state index in [1.807, 2.05) is 19.1 Å². The van der Waals surface area contributed by atoms with Gasteiger partial charge in [-0.2, -0.15) is 0 Å². The minimum Gasteiger partial charge on any atom is -0.497 e. The molecule has 1 amide bonds. The third-order valence-electron chi connectivity index (χ3n) is 4.76. The van der Waals surface area contributed by atoms with E-state index in [-0.39, 0.29) is 17.8 Å². The summed E-state index contributed by atoms with van der Waals surface area (Å²) in [7, 11) is 3.17. The first-order chi connectivity index (χ1) is 12.5. The fourth-order valence-corrected chi connectivity index (χ4v) is 3.20. The molecule has 138 valence electrons. The van der Waals surface area contributed by atoms with Crippen LogP contribution >= 0.6 is 0 Å². The molecule has 1 saturated heterocycles. The van der Waals surface area contributed by atoms with Crippen molar-refractivity contribution >= 4 is 11.6 Å². The minimum atomic E-state index is -0.277. The van der Waals surface area contributed by atoms with Gasteiger partial charge in [-0.1, -0.05) is 12.1 Å². The Morgan fingerprint density at radius 2 is 1.81 bits per heavy atom. The normalized spacial score (nSPS) is 18.1. The van der Waals surface area contributed by atoms with Crippen LogP contribution in [0.15, 0.2) is 42.5 Å². The topological polar surface area (TPSA) is 42.0 Å². The van der Waals surface area contributed by atoms with Crippen LogP contribution < -0.4 is 14.4 Å². The summed E-state index contributed by atoms with van der Waals surface area (Å²) >= 11 is 0. The van der Waals surface area contributed by atoms with Gasteiger partial charge in [0.25, 0.3) is 0 Å². The molecule has 1 aliphatic rings.